The summed E-state index contributed by atoms with van der Waals surface area (Å²) >= 11 is 0. The molecule has 0 unspecified atom stereocenters. The fourth-order valence-electron chi connectivity index (χ4n) is 2.68. The van der Waals surface area contributed by atoms with Crippen molar-refractivity contribution in [2.75, 3.05) is 12.4 Å². The number of halogens is 1. The van der Waals surface area contributed by atoms with E-state index in [1.807, 2.05) is 36.4 Å². The minimum Gasteiger partial charge on any atom is -0.388 e. The molecule has 118 valence electrons. The van der Waals surface area contributed by atoms with Crippen molar-refractivity contribution in [3.05, 3.63) is 66.6 Å². The number of hydrogen-bond donors (Lipinski definition) is 2. The maximum atomic E-state index is 14.2. The standard InChI is InChI=1S/C19H15FN4/c1-21-14-7-8-16(20)15(10-14)18-23-17-9-13(11-22-19(17)24-18)12-5-3-2-4-6-12/h2-11,21H,1H3,(H,22,23,24). The monoisotopic (exact) mass is 318 g/mol. The molecular formula is C19H15FN4. The predicted molar refractivity (Wildman–Crippen MR) is 94.3 cm³/mol. The van der Waals surface area contributed by atoms with Gasteiger partial charge in [0.15, 0.2) is 5.65 Å². The van der Waals surface area contributed by atoms with E-state index in [-0.39, 0.29) is 5.82 Å². The Labute approximate surface area is 138 Å². The first-order chi connectivity index (χ1) is 11.7. The van der Waals surface area contributed by atoms with E-state index in [2.05, 4.69) is 20.3 Å². The zero-order valence-corrected chi connectivity index (χ0v) is 13.0. The molecule has 4 aromatic rings. The molecule has 2 heterocycles. The molecule has 0 fully saturated rings. The van der Waals surface area contributed by atoms with Gasteiger partial charge in [0.05, 0.1) is 11.1 Å². The third-order valence-electron chi connectivity index (χ3n) is 3.95. The quantitative estimate of drug-likeness (QED) is 0.586. The van der Waals surface area contributed by atoms with Gasteiger partial charge < -0.3 is 10.3 Å². The Hall–Kier alpha value is -3.21. The van der Waals surface area contributed by atoms with Gasteiger partial charge in [0.1, 0.15) is 11.6 Å². The first kappa shape index (κ1) is 14.4. The number of nitrogens with one attached hydrogen (secondary N) is 2. The molecule has 0 aliphatic carbocycles. The summed E-state index contributed by atoms with van der Waals surface area (Å²) in [6.45, 7) is 0. The van der Waals surface area contributed by atoms with Crippen LogP contribution in [0.25, 0.3) is 33.7 Å². The number of fused-ring (bicyclic) bond motifs is 1. The van der Waals surface area contributed by atoms with E-state index in [1.54, 1.807) is 25.4 Å². The van der Waals surface area contributed by atoms with E-state index in [9.17, 15) is 4.39 Å². The summed E-state index contributed by atoms with van der Waals surface area (Å²) in [6, 6.07) is 16.8. The van der Waals surface area contributed by atoms with E-state index in [1.165, 1.54) is 6.07 Å². The highest BCUT2D eigenvalue weighted by atomic mass is 19.1. The van der Waals surface area contributed by atoms with E-state index in [0.29, 0.717) is 17.0 Å². The van der Waals surface area contributed by atoms with Crippen LogP contribution in [0.3, 0.4) is 0 Å². The summed E-state index contributed by atoms with van der Waals surface area (Å²) in [7, 11) is 1.79. The highest BCUT2D eigenvalue weighted by molar-refractivity contribution is 5.81. The zero-order valence-electron chi connectivity index (χ0n) is 13.0. The minimum absolute atomic E-state index is 0.323. The number of aromatic nitrogens is 3. The molecule has 0 bridgehead atoms. The molecule has 2 N–H and O–H groups in total. The largest absolute Gasteiger partial charge is 0.388 e. The normalized spacial score (nSPS) is 10.9. The molecule has 4 nitrogen and oxygen atoms in total. The van der Waals surface area contributed by atoms with Gasteiger partial charge in [-0.2, -0.15) is 0 Å². The molecule has 2 aromatic heterocycles. The van der Waals surface area contributed by atoms with Gasteiger partial charge in [0.2, 0.25) is 0 Å². The number of anilines is 1. The SMILES string of the molecule is CNc1ccc(F)c(-c2nc3ncc(-c4ccccc4)cc3[nH]2)c1. The lowest BCUT2D eigenvalue weighted by Gasteiger charge is -2.03. The molecule has 0 atom stereocenters. The van der Waals surface area contributed by atoms with Crippen LogP contribution in [0.2, 0.25) is 0 Å². The number of aromatic amines is 1. The fourth-order valence-corrected chi connectivity index (χ4v) is 2.68. The molecular weight excluding hydrogens is 303 g/mol. The van der Waals surface area contributed by atoms with Crippen LogP contribution in [0.4, 0.5) is 10.1 Å². The molecule has 0 radical (unpaired) electrons. The van der Waals surface area contributed by atoms with Crippen molar-refractivity contribution in [1.29, 1.82) is 0 Å². The van der Waals surface area contributed by atoms with Gasteiger partial charge in [-0.05, 0) is 29.8 Å². The Morgan fingerprint density at radius 2 is 1.83 bits per heavy atom. The van der Waals surface area contributed by atoms with Crippen LogP contribution < -0.4 is 5.32 Å². The van der Waals surface area contributed by atoms with Gasteiger partial charge in [-0.3, -0.25) is 0 Å². The van der Waals surface area contributed by atoms with Gasteiger partial charge in [-0.1, -0.05) is 30.3 Å². The number of H-pyrrole nitrogens is 1. The molecule has 24 heavy (non-hydrogen) atoms. The lowest BCUT2D eigenvalue weighted by molar-refractivity contribution is 0.630. The molecule has 0 aliphatic rings. The van der Waals surface area contributed by atoms with Crippen LogP contribution in [-0.4, -0.2) is 22.0 Å². The van der Waals surface area contributed by atoms with Gasteiger partial charge >= 0.3 is 0 Å². The minimum atomic E-state index is -0.323. The summed E-state index contributed by atoms with van der Waals surface area (Å²) in [5, 5.41) is 3.00. The number of hydrogen-bond acceptors (Lipinski definition) is 3. The maximum absolute atomic E-state index is 14.2. The number of benzene rings is 2. The van der Waals surface area contributed by atoms with Gasteiger partial charge in [0.25, 0.3) is 0 Å². The van der Waals surface area contributed by atoms with E-state index < -0.39 is 0 Å². The summed E-state index contributed by atoms with van der Waals surface area (Å²) in [4.78, 5) is 12.0. The predicted octanol–water partition coefficient (Wildman–Crippen LogP) is 4.47. The van der Waals surface area contributed by atoms with Crippen LogP contribution in [0, 0.1) is 5.82 Å². The Kier molecular flexibility index (Phi) is 3.46. The molecule has 0 saturated heterocycles. The van der Waals surface area contributed by atoms with Crippen LogP contribution >= 0.6 is 0 Å². The number of nitrogens with zero attached hydrogens (tertiary/aromatic N) is 2. The van der Waals surface area contributed by atoms with Crippen molar-refractivity contribution in [3.63, 3.8) is 0 Å². The van der Waals surface area contributed by atoms with Crippen LogP contribution in [0.1, 0.15) is 0 Å². The van der Waals surface area contributed by atoms with Crippen molar-refractivity contribution < 1.29 is 4.39 Å². The van der Waals surface area contributed by atoms with Crippen molar-refractivity contribution in [3.8, 4) is 22.5 Å². The average molecular weight is 318 g/mol. The summed E-state index contributed by atoms with van der Waals surface area (Å²) in [6.07, 6.45) is 1.78. The Morgan fingerprint density at radius 1 is 1.00 bits per heavy atom. The topological polar surface area (TPSA) is 53.6 Å². The smallest absolute Gasteiger partial charge is 0.178 e. The fraction of sp³-hybridized carbons (Fsp3) is 0.0526. The second-order valence-electron chi connectivity index (χ2n) is 5.49. The Bertz CT molecular complexity index is 1010. The first-order valence-electron chi connectivity index (χ1n) is 7.63. The summed E-state index contributed by atoms with van der Waals surface area (Å²) in [5.41, 5.74) is 4.65. The van der Waals surface area contributed by atoms with Crippen molar-refractivity contribution in [2.24, 2.45) is 0 Å². The molecule has 5 heteroatoms. The van der Waals surface area contributed by atoms with Crippen molar-refractivity contribution in [1.82, 2.24) is 15.0 Å². The molecule has 4 rings (SSSR count). The van der Waals surface area contributed by atoms with E-state index in [4.69, 9.17) is 0 Å². The highest BCUT2D eigenvalue weighted by Crippen LogP contribution is 2.27. The molecule has 0 saturated carbocycles. The zero-order chi connectivity index (χ0) is 16.5. The lowest BCUT2D eigenvalue weighted by atomic mass is 10.1. The first-order valence-corrected chi connectivity index (χ1v) is 7.63. The third-order valence-corrected chi connectivity index (χ3v) is 3.95. The second-order valence-corrected chi connectivity index (χ2v) is 5.49. The van der Waals surface area contributed by atoms with Crippen LogP contribution in [0.5, 0.6) is 0 Å². The lowest BCUT2D eigenvalue weighted by Crippen LogP contribution is -1.92. The average Bonchev–Trinajstić information content (AvgIpc) is 3.06. The Balaban J connectivity index is 1.82. The molecule has 2 aromatic carbocycles. The number of rotatable bonds is 3. The van der Waals surface area contributed by atoms with Gasteiger partial charge in [-0.25, -0.2) is 14.4 Å². The van der Waals surface area contributed by atoms with Crippen molar-refractivity contribution >= 4 is 16.9 Å². The molecule has 0 amide bonds. The van der Waals surface area contributed by atoms with Gasteiger partial charge in [-0.15, -0.1) is 0 Å². The summed E-state index contributed by atoms with van der Waals surface area (Å²) < 4.78 is 14.2. The number of pyridine rings is 1. The van der Waals surface area contributed by atoms with Crippen LogP contribution in [0.15, 0.2) is 60.8 Å². The van der Waals surface area contributed by atoms with E-state index >= 15 is 0 Å². The number of imidazole rings is 1. The second kappa shape index (κ2) is 5.77. The maximum Gasteiger partial charge on any atom is 0.178 e. The Morgan fingerprint density at radius 3 is 2.62 bits per heavy atom. The highest BCUT2D eigenvalue weighted by Gasteiger charge is 2.12. The molecule has 0 spiro atoms. The third kappa shape index (κ3) is 2.50. The van der Waals surface area contributed by atoms with Crippen molar-refractivity contribution in [2.45, 2.75) is 0 Å². The van der Waals surface area contributed by atoms with E-state index in [0.717, 1.165) is 22.3 Å². The molecule has 0 aliphatic heterocycles. The van der Waals surface area contributed by atoms with Crippen LogP contribution in [-0.2, 0) is 0 Å². The summed E-state index contributed by atoms with van der Waals surface area (Å²) in [5.74, 6) is 0.147. The van der Waals surface area contributed by atoms with Gasteiger partial charge in [0, 0.05) is 24.5 Å².